The van der Waals surface area contributed by atoms with Gasteiger partial charge in [0.15, 0.2) is 0 Å². The number of aliphatic hydroxyl groups is 1. The minimum absolute atomic E-state index is 0.189. The van der Waals surface area contributed by atoms with Gasteiger partial charge in [0.2, 0.25) is 0 Å². The van der Waals surface area contributed by atoms with E-state index in [2.05, 4.69) is 34.0 Å². The topological polar surface area (TPSA) is 67.0 Å². The van der Waals surface area contributed by atoms with Gasteiger partial charge in [-0.15, -0.1) is 0 Å². The minimum Gasteiger partial charge on any atom is -0.491 e. The molecule has 0 saturated heterocycles. The van der Waals surface area contributed by atoms with Gasteiger partial charge >= 0.3 is 0 Å². The van der Waals surface area contributed by atoms with Crippen molar-refractivity contribution in [2.75, 3.05) is 6.61 Å². The summed E-state index contributed by atoms with van der Waals surface area (Å²) in [6, 6.07) is 23.6. The van der Waals surface area contributed by atoms with Crippen molar-refractivity contribution in [1.29, 1.82) is 0 Å². The fourth-order valence-electron chi connectivity index (χ4n) is 3.37. The third-order valence-corrected chi connectivity index (χ3v) is 4.60. The van der Waals surface area contributed by atoms with Crippen LogP contribution >= 0.6 is 0 Å². The Kier molecular flexibility index (Phi) is 4.77. The van der Waals surface area contributed by atoms with E-state index in [1.165, 1.54) is 17.0 Å². The molecule has 1 heterocycles. The Morgan fingerprint density at radius 1 is 0.889 bits per heavy atom. The summed E-state index contributed by atoms with van der Waals surface area (Å²) < 4.78 is 7.84. The quantitative estimate of drug-likeness (QED) is 0.310. The summed E-state index contributed by atoms with van der Waals surface area (Å²) in [4.78, 5) is 0. The minimum atomic E-state index is -0.650. The molecule has 5 heteroatoms. The summed E-state index contributed by atoms with van der Waals surface area (Å²) in [5.41, 5.74) is 2.98. The number of rotatable bonds is 6. The molecular weight excluding hydrogens is 340 g/mol. The average molecular weight is 360 g/mol. The van der Waals surface area contributed by atoms with Crippen molar-refractivity contribution in [3.8, 4) is 5.75 Å². The monoisotopic (exact) mass is 360 g/mol. The molecule has 1 aromatic heterocycles. The fourth-order valence-corrected chi connectivity index (χ4v) is 3.37. The van der Waals surface area contributed by atoms with Crippen LogP contribution in [0.4, 0.5) is 0 Å². The van der Waals surface area contributed by atoms with E-state index in [9.17, 15) is 5.11 Å². The highest BCUT2D eigenvalue weighted by atomic mass is 16.5. The van der Waals surface area contributed by atoms with E-state index in [-0.39, 0.29) is 6.61 Å². The van der Waals surface area contributed by atoms with Crippen LogP contribution in [0.1, 0.15) is 5.56 Å². The Balaban J connectivity index is 1.51. The van der Waals surface area contributed by atoms with Crippen LogP contribution in [0.5, 0.6) is 5.75 Å². The zero-order chi connectivity index (χ0) is 18.6. The van der Waals surface area contributed by atoms with E-state index in [1.807, 2.05) is 24.3 Å². The number of fused-ring (bicyclic) bond motifs is 3. The van der Waals surface area contributed by atoms with Crippen molar-refractivity contribution in [1.82, 2.24) is 4.57 Å². The van der Waals surface area contributed by atoms with E-state index in [4.69, 9.17) is 9.94 Å². The third kappa shape index (κ3) is 3.50. The summed E-state index contributed by atoms with van der Waals surface area (Å²) in [5, 5.41) is 24.4. The van der Waals surface area contributed by atoms with Gasteiger partial charge in [-0.2, -0.15) is 0 Å². The highest BCUT2D eigenvalue weighted by molar-refractivity contribution is 6.07. The molecule has 1 atom stereocenters. The summed E-state index contributed by atoms with van der Waals surface area (Å²) in [6.07, 6.45) is 0.698. The number of hydrogen-bond donors (Lipinski definition) is 2. The molecule has 0 radical (unpaired) electrons. The first kappa shape index (κ1) is 17.1. The molecule has 2 N–H and O–H groups in total. The van der Waals surface area contributed by atoms with Gasteiger partial charge < -0.3 is 19.6 Å². The van der Waals surface area contributed by atoms with Crippen molar-refractivity contribution < 1.29 is 15.1 Å². The summed E-state index contributed by atoms with van der Waals surface area (Å²) in [6.45, 7) is 0.636. The molecule has 136 valence electrons. The molecule has 0 bridgehead atoms. The Labute approximate surface area is 156 Å². The number of benzene rings is 3. The zero-order valence-electron chi connectivity index (χ0n) is 14.7. The van der Waals surface area contributed by atoms with Gasteiger partial charge in [0.05, 0.1) is 12.8 Å². The SMILES string of the molecule is O/N=C\c1ccc(OC[C@H](O)Cn2c3ccccc3c3ccccc32)cc1. The second-order valence-electron chi connectivity index (χ2n) is 6.42. The van der Waals surface area contributed by atoms with Crippen LogP contribution < -0.4 is 4.74 Å². The lowest BCUT2D eigenvalue weighted by atomic mass is 10.2. The maximum atomic E-state index is 10.5. The van der Waals surface area contributed by atoms with Crippen molar-refractivity contribution in [3.05, 3.63) is 78.4 Å². The normalized spacial score (nSPS) is 12.8. The van der Waals surface area contributed by atoms with Crippen LogP contribution in [0, 0.1) is 0 Å². The smallest absolute Gasteiger partial charge is 0.119 e. The number of hydrogen-bond acceptors (Lipinski definition) is 4. The molecule has 0 aliphatic heterocycles. The number of para-hydroxylation sites is 2. The molecule has 27 heavy (non-hydrogen) atoms. The molecular formula is C22H20N2O3. The van der Waals surface area contributed by atoms with Gasteiger partial charge in [-0.1, -0.05) is 41.6 Å². The molecule has 0 aliphatic rings. The van der Waals surface area contributed by atoms with Gasteiger partial charge in [0, 0.05) is 21.8 Å². The summed E-state index contributed by atoms with van der Waals surface area (Å²) in [5.74, 6) is 0.659. The van der Waals surface area contributed by atoms with Crippen LogP contribution in [0.15, 0.2) is 78.0 Å². The Morgan fingerprint density at radius 3 is 2.07 bits per heavy atom. The van der Waals surface area contributed by atoms with Gasteiger partial charge in [-0.3, -0.25) is 0 Å². The highest BCUT2D eigenvalue weighted by Gasteiger charge is 2.13. The van der Waals surface area contributed by atoms with Crippen LogP contribution in [0.2, 0.25) is 0 Å². The molecule has 4 aromatic rings. The lowest BCUT2D eigenvalue weighted by Gasteiger charge is -2.15. The van der Waals surface area contributed by atoms with Gasteiger partial charge in [0.25, 0.3) is 0 Å². The van der Waals surface area contributed by atoms with E-state index in [1.54, 1.807) is 24.3 Å². The fraction of sp³-hybridized carbons (Fsp3) is 0.136. The Hall–Kier alpha value is -3.31. The maximum absolute atomic E-state index is 10.5. The highest BCUT2D eigenvalue weighted by Crippen LogP contribution is 2.28. The van der Waals surface area contributed by atoms with Crippen LogP contribution in [0.25, 0.3) is 21.8 Å². The second-order valence-corrected chi connectivity index (χ2v) is 6.42. The van der Waals surface area contributed by atoms with Crippen LogP contribution in [-0.4, -0.2) is 33.8 Å². The van der Waals surface area contributed by atoms with Crippen molar-refractivity contribution in [2.24, 2.45) is 5.16 Å². The first-order chi connectivity index (χ1) is 13.3. The standard InChI is InChI=1S/C22H20N2O3/c25-17(15-27-18-11-9-16(10-12-18)13-23-26)14-24-21-7-3-1-5-19(21)20-6-2-4-8-22(20)24/h1-13,17,25-26H,14-15H2/b23-13-/t17-/m1/s1. The number of ether oxygens (including phenoxy) is 1. The maximum Gasteiger partial charge on any atom is 0.119 e. The molecule has 0 spiro atoms. The number of aliphatic hydroxyl groups excluding tert-OH is 1. The second kappa shape index (κ2) is 7.51. The molecule has 4 rings (SSSR count). The largest absolute Gasteiger partial charge is 0.491 e. The molecule has 5 nitrogen and oxygen atoms in total. The summed E-state index contributed by atoms with van der Waals surface area (Å²) >= 11 is 0. The van der Waals surface area contributed by atoms with Crippen molar-refractivity contribution in [3.63, 3.8) is 0 Å². The molecule has 0 saturated carbocycles. The van der Waals surface area contributed by atoms with E-state index in [0.717, 1.165) is 16.6 Å². The molecule has 0 aliphatic carbocycles. The number of oxime groups is 1. The molecule has 3 aromatic carbocycles. The lowest BCUT2D eigenvalue weighted by Crippen LogP contribution is -2.23. The van der Waals surface area contributed by atoms with Gasteiger partial charge in [-0.05, 0) is 42.0 Å². The lowest BCUT2D eigenvalue weighted by molar-refractivity contribution is 0.0945. The zero-order valence-corrected chi connectivity index (χ0v) is 14.7. The molecule has 0 amide bonds. The number of nitrogens with zero attached hydrogens (tertiary/aromatic N) is 2. The third-order valence-electron chi connectivity index (χ3n) is 4.60. The molecule has 0 unspecified atom stereocenters. The number of aromatic nitrogens is 1. The van der Waals surface area contributed by atoms with Gasteiger partial charge in [0.1, 0.15) is 18.5 Å². The first-order valence-electron chi connectivity index (χ1n) is 8.80. The average Bonchev–Trinajstić information content (AvgIpc) is 3.02. The first-order valence-corrected chi connectivity index (χ1v) is 8.80. The van der Waals surface area contributed by atoms with Crippen LogP contribution in [-0.2, 0) is 6.54 Å². The predicted molar refractivity (Wildman–Crippen MR) is 107 cm³/mol. The van der Waals surface area contributed by atoms with E-state index < -0.39 is 6.10 Å². The van der Waals surface area contributed by atoms with Crippen molar-refractivity contribution >= 4 is 28.0 Å². The van der Waals surface area contributed by atoms with Gasteiger partial charge in [-0.25, -0.2) is 0 Å². The summed E-state index contributed by atoms with van der Waals surface area (Å²) in [7, 11) is 0. The Morgan fingerprint density at radius 2 is 1.48 bits per heavy atom. The van der Waals surface area contributed by atoms with Crippen molar-refractivity contribution in [2.45, 2.75) is 12.6 Å². The molecule has 0 fully saturated rings. The predicted octanol–water partition coefficient (Wildman–Crippen LogP) is 4.04. The van der Waals surface area contributed by atoms with Crippen LogP contribution in [0.3, 0.4) is 0 Å². The van der Waals surface area contributed by atoms with E-state index in [0.29, 0.717) is 12.3 Å². The Bertz CT molecular complexity index is 1030. The van der Waals surface area contributed by atoms with E-state index >= 15 is 0 Å².